The van der Waals surface area contributed by atoms with E-state index < -0.39 is 0 Å². The Morgan fingerprint density at radius 3 is 3.00 bits per heavy atom. The smallest absolute Gasteiger partial charge is 0.128 e. The number of pyridine rings is 1. The summed E-state index contributed by atoms with van der Waals surface area (Å²) in [5, 5.41) is 3.39. The molecule has 0 bridgehead atoms. The van der Waals surface area contributed by atoms with Crippen molar-refractivity contribution in [1.82, 2.24) is 10.3 Å². The van der Waals surface area contributed by atoms with E-state index in [2.05, 4.69) is 41.3 Å². The van der Waals surface area contributed by atoms with Gasteiger partial charge in [-0.05, 0) is 44.0 Å². The summed E-state index contributed by atoms with van der Waals surface area (Å²) in [6, 6.07) is 4.21. The summed E-state index contributed by atoms with van der Waals surface area (Å²) in [6.45, 7) is 5.48. The third kappa shape index (κ3) is 2.69. The molecule has 82 valence electrons. The molecule has 0 aromatic carbocycles. The Labute approximate surface area is 91.5 Å². The zero-order chi connectivity index (χ0) is 10.7. The van der Waals surface area contributed by atoms with E-state index in [1.165, 1.54) is 18.5 Å². The largest absolute Gasteiger partial charge is 0.359 e. The van der Waals surface area contributed by atoms with E-state index in [0.717, 1.165) is 24.8 Å². The summed E-state index contributed by atoms with van der Waals surface area (Å²) in [4.78, 5) is 6.67. The van der Waals surface area contributed by atoms with Crippen LogP contribution in [0.15, 0.2) is 18.3 Å². The maximum absolute atomic E-state index is 4.43. The monoisotopic (exact) mass is 205 g/mol. The van der Waals surface area contributed by atoms with Crippen molar-refractivity contribution in [2.75, 3.05) is 31.6 Å². The fourth-order valence-corrected chi connectivity index (χ4v) is 2.04. The van der Waals surface area contributed by atoms with Gasteiger partial charge in [-0.2, -0.15) is 0 Å². The summed E-state index contributed by atoms with van der Waals surface area (Å²) in [5.41, 5.74) is 1.22. The quantitative estimate of drug-likeness (QED) is 0.809. The molecule has 0 radical (unpaired) electrons. The first kappa shape index (κ1) is 10.4. The van der Waals surface area contributed by atoms with Crippen molar-refractivity contribution in [2.45, 2.75) is 13.3 Å². The number of nitrogens with one attached hydrogen (secondary N) is 1. The molecule has 2 rings (SSSR count). The molecule has 0 spiro atoms. The number of rotatable bonds is 3. The van der Waals surface area contributed by atoms with Gasteiger partial charge >= 0.3 is 0 Å². The number of aromatic nitrogens is 1. The normalized spacial score (nSPS) is 20.5. The molecule has 1 saturated heterocycles. The molecule has 0 amide bonds. The highest BCUT2D eigenvalue weighted by atomic mass is 15.2. The van der Waals surface area contributed by atoms with Gasteiger partial charge < -0.3 is 10.2 Å². The van der Waals surface area contributed by atoms with Gasteiger partial charge in [0.25, 0.3) is 0 Å². The van der Waals surface area contributed by atoms with Gasteiger partial charge in [0.05, 0.1) is 0 Å². The predicted octanol–water partition coefficient (Wildman–Crippen LogP) is 1.44. The highest BCUT2D eigenvalue weighted by Crippen LogP contribution is 2.14. The number of anilines is 1. The minimum atomic E-state index is 0.776. The maximum Gasteiger partial charge on any atom is 0.128 e. The summed E-state index contributed by atoms with van der Waals surface area (Å²) >= 11 is 0. The molecular weight excluding hydrogens is 186 g/mol. The molecule has 0 aliphatic carbocycles. The van der Waals surface area contributed by atoms with Gasteiger partial charge in [0.15, 0.2) is 0 Å². The van der Waals surface area contributed by atoms with Gasteiger partial charge in [-0.15, -0.1) is 0 Å². The highest BCUT2D eigenvalue weighted by Gasteiger charge is 2.16. The molecule has 3 nitrogen and oxygen atoms in total. The fourth-order valence-electron chi connectivity index (χ4n) is 2.04. The van der Waals surface area contributed by atoms with Crippen LogP contribution in [0.1, 0.15) is 12.0 Å². The van der Waals surface area contributed by atoms with Crippen molar-refractivity contribution in [3.8, 4) is 0 Å². The molecule has 0 unspecified atom stereocenters. The molecule has 1 aliphatic rings. The zero-order valence-corrected chi connectivity index (χ0v) is 9.53. The Kier molecular flexibility index (Phi) is 3.21. The van der Waals surface area contributed by atoms with Crippen LogP contribution in [-0.4, -0.2) is 31.7 Å². The van der Waals surface area contributed by atoms with E-state index in [-0.39, 0.29) is 0 Å². The van der Waals surface area contributed by atoms with Crippen molar-refractivity contribution >= 4 is 5.82 Å². The predicted molar refractivity (Wildman–Crippen MR) is 63.2 cm³/mol. The third-order valence-corrected chi connectivity index (χ3v) is 2.98. The minimum absolute atomic E-state index is 0.776. The molecule has 1 aliphatic heterocycles. The topological polar surface area (TPSA) is 28.2 Å². The summed E-state index contributed by atoms with van der Waals surface area (Å²) in [7, 11) is 2.12. The first-order valence-corrected chi connectivity index (χ1v) is 5.60. The Bertz CT molecular complexity index is 301. The summed E-state index contributed by atoms with van der Waals surface area (Å²) in [5.74, 6) is 1.85. The average molecular weight is 205 g/mol. The third-order valence-electron chi connectivity index (χ3n) is 2.98. The van der Waals surface area contributed by atoms with E-state index in [1.54, 1.807) is 0 Å². The van der Waals surface area contributed by atoms with Gasteiger partial charge in [-0.1, -0.05) is 6.07 Å². The van der Waals surface area contributed by atoms with Crippen LogP contribution in [0.3, 0.4) is 0 Å². The van der Waals surface area contributed by atoms with E-state index in [1.807, 2.05) is 6.20 Å². The number of hydrogen-bond acceptors (Lipinski definition) is 3. The number of hydrogen-bond donors (Lipinski definition) is 1. The number of aryl methyl sites for hydroxylation is 1. The molecule has 2 heterocycles. The van der Waals surface area contributed by atoms with Gasteiger partial charge in [0.2, 0.25) is 0 Å². The lowest BCUT2D eigenvalue weighted by molar-refractivity contribution is 0.576. The van der Waals surface area contributed by atoms with E-state index in [0.29, 0.717) is 0 Å². The number of nitrogens with zero attached hydrogens (tertiary/aromatic N) is 2. The van der Waals surface area contributed by atoms with Crippen LogP contribution < -0.4 is 10.2 Å². The van der Waals surface area contributed by atoms with Crippen LogP contribution in [-0.2, 0) is 0 Å². The fraction of sp³-hybridized carbons (Fsp3) is 0.583. The molecule has 15 heavy (non-hydrogen) atoms. The van der Waals surface area contributed by atoms with E-state index in [4.69, 9.17) is 0 Å². The molecule has 1 atom stereocenters. The van der Waals surface area contributed by atoms with Gasteiger partial charge in [0.1, 0.15) is 5.82 Å². The van der Waals surface area contributed by atoms with Crippen molar-refractivity contribution in [3.05, 3.63) is 23.9 Å². The second-order valence-electron chi connectivity index (χ2n) is 4.43. The second-order valence-corrected chi connectivity index (χ2v) is 4.43. The van der Waals surface area contributed by atoms with Crippen LogP contribution >= 0.6 is 0 Å². The SMILES string of the molecule is Cc1ccc(N(C)C[C@H]2CCNC2)nc1. The lowest BCUT2D eigenvalue weighted by atomic mass is 10.1. The van der Waals surface area contributed by atoms with Crippen LogP contribution in [0.5, 0.6) is 0 Å². The lowest BCUT2D eigenvalue weighted by Crippen LogP contribution is -2.27. The molecule has 1 fully saturated rings. The van der Waals surface area contributed by atoms with Crippen LogP contribution in [0.25, 0.3) is 0 Å². The van der Waals surface area contributed by atoms with Crippen molar-refractivity contribution in [1.29, 1.82) is 0 Å². The first-order valence-electron chi connectivity index (χ1n) is 5.60. The lowest BCUT2D eigenvalue weighted by Gasteiger charge is -2.21. The molecule has 1 aromatic rings. The standard InChI is InChI=1S/C12H19N3/c1-10-3-4-12(14-7-10)15(2)9-11-5-6-13-8-11/h3-4,7,11,13H,5-6,8-9H2,1-2H3/t11-/m0/s1. The molecule has 1 aromatic heterocycles. The zero-order valence-electron chi connectivity index (χ0n) is 9.53. The summed E-state index contributed by atoms with van der Waals surface area (Å²) in [6.07, 6.45) is 3.22. The average Bonchev–Trinajstić information content (AvgIpc) is 2.71. The highest BCUT2D eigenvalue weighted by molar-refractivity contribution is 5.38. The van der Waals surface area contributed by atoms with E-state index in [9.17, 15) is 0 Å². The summed E-state index contributed by atoms with van der Waals surface area (Å²) < 4.78 is 0. The maximum atomic E-state index is 4.43. The Balaban J connectivity index is 1.94. The molecular formula is C12H19N3. The Hall–Kier alpha value is -1.09. The van der Waals surface area contributed by atoms with Gasteiger partial charge in [-0.25, -0.2) is 4.98 Å². The van der Waals surface area contributed by atoms with Gasteiger partial charge in [-0.3, -0.25) is 0 Å². The Morgan fingerprint density at radius 2 is 2.40 bits per heavy atom. The van der Waals surface area contributed by atoms with E-state index >= 15 is 0 Å². The van der Waals surface area contributed by atoms with Crippen LogP contribution in [0.4, 0.5) is 5.82 Å². The van der Waals surface area contributed by atoms with Crippen molar-refractivity contribution in [2.24, 2.45) is 5.92 Å². The molecule has 3 heteroatoms. The second kappa shape index (κ2) is 4.62. The Morgan fingerprint density at radius 1 is 1.53 bits per heavy atom. The van der Waals surface area contributed by atoms with Crippen LogP contribution in [0.2, 0.25) is 0 Å². The first-order chi connectivity index (χ1) is 7.25. The molecule has 1 N–H and O–H groups in total. The van der Waals surface area contributed by atoms with Gasteiger partial charge in [0, 0.05) is 19.8 Å². The minimum Gasteiger partial charge on any atom is -0.359 e. The molecule has 0 saturated carbocycles. The van der Waals surface area contributed by atoms with Crippen LogP contribution in [0, 0.1) is 12.8 Å². The van der Waals surface area contributed by atoms with Crippen molar-refractivity contribution < 1.29 is 0 Å². The van der Waals surface area contributed by atoms with Crippen molar-refractivity contribution in [3.63, 3.8) is 0 Å².